The average Bonchev–Trinajstić information content (AvgIpc) is 1.99. The van der Waals surface area contributed by atoms with Gasteiger partial charge in [-0.05, 0) is 17.7 Å². The lowest BCUT2D eigenvalue weighted by molar-refractivity contribution is -0.131. The summed E-state index contributed by atoms with van der Waals surface area (Å²) in [6.07, 6.45) is 3.79. The molecule has 0 saturated heterocycles. The SMILES string of the molecule is [N-]=[N+]=NC1=CC=CC(=O)C1=O. The zero-order valence-corrected chi connectivity index (χ0v) is 5.39. The quantitative estimate of drug-likeness (QED) is 0.182. The Morgan fingerprint density at radius 2 is 2.18 bits per heavy atom. The summed E-state index contributed by atoms with van der Waals surface area (Å²) in [5.41, 5.74) is 7.80. The summed E-state index contributed by atoms with van der Waals surface area (Å²) < 4.78 is 0. The first kappa shape index (κ1) is 7.24. The number of hydrogen-bond acceptors (Lipinski definition) is 3. The summed E-state index contributed by atoms with van der Waals surface area (Å²) >= 11 is 0. The standard InChI is InChI=1S/C6H3N3O2/c7-9-8-4-2-1-3-5(10)6(4)11/h1-3H. The van der Waals surface area contributed by atoms with Gasteiger partial charge in [-0.2, -0.15) is 0 Å². The van der Waals surface area contributed by atoms with Gasteiger partial charge in [-0.25, -0.2) is 0 Å². The van der Waals surface area contributed by atoms with E-state index in [1.807, 2.05) is 0 Å². The first-order valence-corrected chi connectivity index (χ1v) is 2.78. The van der Waals surface area contributed by atoms with Gasteiger partial charge in [0.05, 0.1) is 5.70 Å². The fourth-order valence-corrected chi connectivity index (χ4v) is 0.631. The van der Waals surface area contributed by atoms with Crippen molar-refractivity contribution in [3.63, 3.8) is 0 Å². The monoisotopic (exact) mass is 149 g/mol. The molecule has 0 radical (unpaired) electrons. The molecule has 0 fully saturated rings. The summed E-state index contributed by atoms with van der Waals surface area (Å²) in [5, 5.41) is 3.04. The van der Waals surface area contributed by atoms with Crippen LogP contribution in [-0.2, 0) is 9.59 Å². The summed E-state index contributed by atoms with van der Waals surface area (Å²) in [5.74, 6) is -1.42. The number of carbonyl (C=O) groups excluding carboxylic acids is 2. The smallest absolute Gasteiger partial charge is 0.235 e. The Bertz CT molecular complexity index is 321. The molecule has 0 aromatic carbocycles. The molecule has 0 N–H and O–H groups in total. The number of allylic oxidation sites excluding steroid dienone is 4. The predicted octanol–water partition coefficient (Wildman–Crippen LogP) is 0.889. The number of hydrogen-bond donors (Lipinski definition) is 0. The van der Waals surface area contributed by atoms with Gasteiger partial charge >= 0.3 is 0 Å². The van der Waals surface area contributed by atoms with Crippen LogP contribution in [0.5, 0.6) is 0 Å². The second kappa shape index (κ2) is 2.81. The maximum Gasteiger partial charge on any atom is 0.235 e. The van der Waals surface area contributed by atoms with Crippen LogP contribution in [0.15, 0.2) is 29.0 Å². The van der Waals surface area contributed by atoms with Crippen molar-refractivity contribution in [2.75, 3.05) is 0 Å². The Morgan fingerprint density at radius 3 is 2.82 bits per heavy atom. The van der Waals surface area contributed by atoms with E-state index in [0.717, 1.165) is 6.08 Å². The predicted molar refractivity (Wildman–Crippen MR) is 36.4 cm³/mol. The minimum Gasteiger partial charge on any atom is -0.286 e. The lowest BCUT2D eigenvalue weighted by Gasteiger charge is -1.97. The third-order valence-electron chi connectivity index (χ3n) is 1.11. The van der Waals surface area contributed by atoms with Crippen LogP contribution in [0.1, 0.15) is 0 Å². The van der Waals surface area contributed by atoms with Crippen LogP contribution in [0, 0.1) is 0 Å². The molecule has 0 aromatic heterocycles. The molecule has 0 saturated carbocycles. The Labute approximate surface area is 61.6 Å². The third-order valence-corrected chi connectivity index (χ3v) is 1.11. The van der Waals surface area contributed by atoms with Gasteiger partial charge in [0.25, 0.3) is 0 Å². The zero-order chi connectivity index (χ0) is 8.27. The number of nitrogens with zero attached hydrogens (tertiary/aromatic N) is 3. The molecule has 0 unspecified atom stereocenters. The number of ketones is 2. The normalized spacial score (nSPS) is 15.8. The fraction of sp³-hybridized carbons (Fsp3) is 0. The highest BCUT2D eigenvalue weighted by molar-refractivity contribution is 6.48. The first-order chi connectivity index (χ1) is 5.25. The molecular weight excluding hydrogens is 146 g/mol. The van der Waals surface area contributed by atoms with E-state index in [1.165, 1.54) is 12.2 Å². The summed E-state index contributed by atoms with van der Waals surface area (Å²) in [6.45, 7) is 0. The Kier molecular flexibility index (Phi) is 1.85. The molecule has 11 heavy (non-hydrogen) atoms. The third kappa shape index (κ3) is 1.33. The van der Waals surface area contributed by atoms with Crippen LogP contribution in [0.4, 0.5) is 0 Å². The van der Waals surface area contributed by atoms with Crippen molar-refractivity contribution in [2.45, 2.75) is 0 Å². The summed E-state index contributed by atoms with van der Waals surface area (Å²) in [7, 11) is 0. The van der Waals surface area contributed by atoms with Gasteiger partial charge in [0.2, 0.25) is 11.6 Å². The molecule has 54 valence electrons. The number of azide groups is 1. The van der Waals surface area contributed by atoms with Crippen LogP contribution < -0.4 is 0 Å². The highest BCUT2D eigenvalue weighted by Crippen LogP contribution is 2.06. The van der Waals surface area contributed by atoms with E-state index in [1.54, 1.807) is 0 Å². The van der Waals surface area contributed by atoms with E-state index >= 15 is 0 Å². The largest absolute Gasteiger partial charge is 0.286 e. The van der Waals surface area contributed by atoms with Gasteiger partial charge in [-0.1, -0.05) is 11.2 Å². The van der Waals surface area contributed by atoms with E-state index in [-0.39, 0.29) is 5.70 Å². The maximum atomic E-state index is 10.8. The van der Waals surface area contributed by atoms with Crippen molar-refractivity contribution in [1.82, 2.24) is 0 Å². The molecular formula is C6H3N3O2. The van der Waals surface area contributed by atoms with Gasteiger partial charge in [0.15, 0.2) is 0 Å². The molecule has 0 heterocycles. The first-order valence-electron chi connectivity index (χ1n) is 2.78. The summed E-state index contributed by atoms with van der Waals surface area (Å²) in [6, 6.07) is 0. The number of rotatable bonds is 1. The van der Waals surface area contributed by atoms with Crippen molar-refractivity contribution in [3.8, 4) is 0 Å². The molecule has 1 aliphatic carbocycles. The molecule has 0 atom stereocenters. The van der Waals surface area contributed by atoms with Crippen molar-refractivity contribution >= 4 is 11.6 Å². The van der Waals surface area contributed by atoms with E-state index in [2.05, 4.69) is 10.0 Å². The van der Waals surface area contributed by atoms with Crippen LogP contribution in [0.2, 0.25) is 0 Å². The molecule has 0 bridgehead atoms. The van der Waals surface area contributed by atoms with Gasteiger partial charge in [0, 0.05) is 4.91 Å². The van der Waals surface area contributed by atoms with Crippen molar-refractivity contribution in [3.05, 3.63) is 34.4 Å². The molecule has 0 aliphatic heterocycles. The highest BCUT2D eigenvalue weighted by atomic mass is 16.2. The minimum absolute atomic E-state index is 0.153. The molecule has 5 heteroatoms. The van der Waals surface area contributed by atoms with Crippen molar-refractivity contribution in [2.24, 2.45) is 5.11 Å². The van der Waals surface area contributed by atoms with Gasteiger partial charge in [-0.15, -0.1) is 0 Å². The molecule has 0 aromatic rings. The van der Waals surface area contributed by atoms with E-state index < -0.39 is 11.6 Å². The van der Waals surface area contributed by atoms with Crippen molar-refractivity contribution in [1.29, 1.82) is 0 Å². The second-order valence-corrected chi connectivity index (χ2v) is 1.79. The highest BCUT2D eigenvalue weighted by Gasteiger charge is 2.16. The van der Waals surface area contributed by atoms with Crippen LogP contribution in [0.25, 0.3) is 10.4 Å². The van der Waals surface area contributed by atoms with Crippen LogP contribution in [0.3, 0.4) is 0 Å². The second-order valence-electron chi connectivity index (χ2n) is 1.79. The van der Waals surface area contributed by atoms with E-state index in [0.29, 0.717) is 0 Å². The Morgan fingerprint density at radius 1 is 1.45 bits per heavy atom. The minimum atomic E-state index is -0.759. The van der Waals surface area contributed by atoms with E-state index in [4.69, 9.17) is 5.53 Å². The molecule has 0 amide bonds. The molecule has 5 nitrogen and oxygen atoms in total. The molecule has 1 rings (SSSR count). The maximum absolute atomic E-state index is 10.8. The zero-order valence-electron chi connectivity index (χ0n) is 5.39. The number of carbonyl (C=O) groups is 2. The number of Topliss-reactive ketones (excluding diaryl/α,β-unsaturated/α-hetero) is 1. The lowest BCUT2D eigenvalue weighted by atomic mass is 10.1. The Hall–Kier alpha value is -1.87. The van der Waals surface area contributed by atoms with Crippen LogP contribution in [-0.4, -0.2) is 11.6 Å². The van der Waals surface area contributed by atoms with E-state index in [9.17, 15) is 9.59 Å². The fourth-order valence-electron chi connectivity index (χ4n) is 0.631. The van der Waals surface area contributed by atoms with Crippen LogP contribution >= 0.6 is 0 Å². The van der Waals surface area contributed by atoms with Crippen molar-refractivity contribution < 1.29 is 9.59 Å². The average molecular weight is 149 g/mol. The molecule has 0 spiro atoms. The Balaban J connectivity index is 3.05. The topological polar surface area (TPSA) is 82.9 Å². The van der Waals surface area contributed by atoms with Gasteiger partial charge in [0.1, 0.15) is 0 Å². The van der Waals surface area contributed by atoms with Gasteiger partial charge < -0.3 is 0 Å². The van der Waals surface area contributed by atoms with Gasteiger partial charge in [-0.3, -0.25) is 9.59 Å². The lowest BCUT2D eigenvalue weighted by Crippen LogP contribution is -2.14. The summed E-state index contributed by atoms with van der Waals surface area (Å²) in [4.78, 5) is 23.8. The molecule has 1 aliphatic rings.